The Bertz CT molecular complexity index is 688. The van der Waals surface area contributed by atoms with Gasteiger partial charge in [-0.05, 0) is 43.5 Å². The Labute approximate surface area is 134 Å². The lowest BCUT2D eigenvalue weighted by atomic mass is 9.99. The smallest absolute Gasteiger partial charge is 0.264 e. The quantitative estimate of drug-likeness (QED) is 0.897. The molecule has 1 unspecified atom stereocenters. The number of amides is 2. The standard InChI is InChI=1S/C15H19FN2O4S/c1-11(19)18-9-3-2-4-13(18)10-15(20)17-23(21,22)14-7-5-12(16)6-8-14/h5-8,13H,2-4,9-10H2,1H3,(H,17,20). The number of nitrogens with zero attached hydrogens (tertiary/aromatic N) is 1. The molecule has 0 aromatic heterocycles. The highest BCUT2D eigenvalue weighted by Crippen LogP contribution is 2.20. The van der Waals surface area contributed by atoms with Gasteiger partial charge >= 0.3 is 0 Å². The minimum atomic E-state index is -4.03. The lowest BCUT2D eigenvalue weighted by Crippen LogP contribution is -2.45. The van der Waals surface area contributed by atoms with Crippen molar-refractivity contribution in [2.45, 2.75) is 43.5 Å². The van der Waals surface area contributed by atoms with Crippen molar-refractivity contribution < 1.29 is 22.4 Å². The fraction of sp³-hybridized carbons (Fsp3) is 0.467. The van der Waals surface area contributed by atoms with Gasteiger partial charge in [-0.3, -0.25) is 9.59 Å². The number of nitrogens with one attached hydrogen (secondary N) is 1. The summed E-state index contributed by atoms with van der Waals surface area (Å²) in [6, 6.07) is 3.92. The Balaban J connectivity index is 2.03. The third-order valence-corrected chi connectivity index (χ3v) is 5.21. The minimum Gasteiger partial charge on any atom is -0.339 e. The van der Waals surface area contributed by atoms with Crippen LogP contribution in [0.15, 0.2) is 29.2 Å². The molecule has 0 spiro atoms. The van der Waals surface area contributed by atoms with E-state index in [-0.39, 0.29) is 23.3 Å². The van der Waals surface area contributed by atoms with Crippen molar-refractivity contribution in [1.29, 1.82) is 0 Å². The molecule has 1 atom stereocenters. The van der Waals surface area contributed by atoms with Crippen LogP contribution in [-0.2, 0) is 19.6 Å². The molecule has 1 N–H and O–H groups in total. The number of piperidine rings is 1. The fourth-order valence-corrected chi connectivity index (χ4v) is 3.70. The lowest BCUT2D eigenvalue weighted by molar-refractivity contribution is -0.133. The number of halogens is 1. The summed E-state index contributed by atoms with van der Waals surface area (Å²) >= 11 is 0. The van der Waals surface area contributed by atoms with Gasteiger partial charge in [0.25, 0.3) is 10.0 Å². The monoisotopic (exact) mass is 342 g/mol. The Kier molecular flexibility index (Phi) is 5.35. The molecule has 2 rings (SSSR count). The van der Waals surface area contributed by atoms with Crippen LogP contribution in [0.5, 0.6) is 0 Å². The first-order valence-electron chi connectivity index (χ1n) is 7.38. The molecule has 6 nitrogen and oxygen atoms in total. The zero-order chi connectivity index (χ0) is 17.0. The Hall–Kier alpha value is -1.96. The van der Waals surface area contributed by atoms with Crippen LogP contribution in [0.4, 0.5) is 4.39 Å². The van der Waals surface area contributed by atoms with Gasteiger partial charge in [0, 0.05) is 25.9 Å². The van der Waals surface area contributed by atoms with Crippen LogP contribution < -0.4 is 4.72 Å². The first-order valence-corrected chi connectivity index (χ1v) is 8.86. The highest BCUT2D eigenvalue weighted by Gasteiger charge is 2.28. The molecule has 0 aliphatic carbocycles. The third kappa shape index (κ3) is 4.51. The number of benzene rings is 1. The van der Waals surface area contributed by atoms with Gasteiger partial charge in [0.2, 0.25) is 11.8 Å². The van der Waals surface area contributed by atoms with Gasteiger partial charge in [-0.15, -0.1) is 0 Å². The molecule has 1 aliphatic rings. The number of rotatable bonds is 4. The van der Waals surface area contributed by atoms with Crippen molar-refractivity contribution in [2.24, 2.45) is 0 Å². The van der Waals surface area contributed by atoms with Crippen LogP contribution in [-0.4, -0.2) is 37.7 Å². The average molecular weight is 342 g/mol. The molecule has 1 aromatic carbocycles. The van der Waals surface area contributed by atoms with Crippen molar-refractivity contribution in [3.05, 3.63) is 30.1 Å². The van der Waals surface area contributed by atoms with E-state index in [1.54, 1.807) is 4.90 Å². The number of hydrogen-bond acceptors (Lipinski definition) is 4. The number of hydrogen-bond donors (Lipinski definition) is 1. The second-order valence-electron chi connectivity index (χ2n) is 5.55. The summed E-state index contributed by atoms with van der Waals surface area (Å²) in [5.41, 5.74) is 0. The molecule has 126 valence electrons. The molecule has 1 fully saturated rings. The van der Waals surface area contributed by atoms with Crippen LogP contribution in [0.1, 0.15) is 32.6 Å². The van der Waals surface area contributed by atoms with E-state index in [9.17, 15) is 22.4 Å². The molecule has 1 aromatic rings. The second-order valence-corrected chi connectivity index (χ2v) is 7.23. The molecule has 23 heavy (non-hydrogen) atoms. The average Bonchev–Trinajstić information content (AvgIpc) is 2.47. The van der Waals surface area contributed by atoms with Crippen molar-refractivity contribution in [2.75, 3.05) is 6.54 Å². The fourth-order valence-electron chi connectivity index (χ4n) is 2.71. The SMILES string of the molecule is CC(=O)N1CCCCC1CC(=O)NS(=O)(=O)c1ccc(F)cc1. The summed E-state index contributed by atoms with van der Waals surface area (Å²) in [6.45, 7) is 2.02. The predicted molar refractivity (Wildman–Crippen MR) is 81.4 cm³/mol. The third-order valence-electron chi connectivity index (χ3n) is 3.82. The molecule has 1 saturated heterocycles. The van der Waals surface area contributed by atoms with Crippen molar-refractivity contribution in [3.8, 4) is 0 Å². The topological polar surface area (TPSA) is 83.6 Å². The summed E-state index contributed by atoms with van der Waals surface area (Å²) < 4.78 is 39.0. The first-order chi connectivity index (χ1) is 10.8. The van der Waals surface area contributed by atoms with E-state index >= 15 is 0 Å². The van der Waals surface area contributed by atoms with Gasteiger partial charge in [-0.25, -0.2) is 17.5 Å². The second kappa shape index (κ2) is 7.08. The van der Waals surface area contributed by atoms with E-state index in [1.165, 1.54) is 6.92 Å². The largest absolute Gasteiger partial charge is 0.339 e. The van der Waals surface area contributed by atoms with E-state index in [1.807, 2.05) is 4.72 Å². The number of sulfonamides is 1. The van der Waals surface area contributed by atoms with Gasteiger partial charge in [-0.2, -0.15) is 0 Å². The first kappa shape index (κ1) is 17.4. The van der Waals surface area contributed by atoms with Crippen molar-refractivity contribution in [3.63, 3.8) is 0 Å². The molecule has 0 radical (unpaired) electrons. The van der Waals surface area contributed by atoms with E-state index in [4.69, 9.17) is 0 Å². The van der Waals surface area contributed by atoms with Gasteiger partial charge in [0.05, 0.1) is 4.90 Å². The molecule has 8 heteroatoms. The van der Waals surface area contributed by atoms with E-state index in [0.29, 0.717) is 13.0 Å². The Morgan fingerprint density at radius 1 is 1.26 bits per heavy atom. The van der Waals surface area contributed by atoms with E-state index in [0.717, 1.165) is 37.1 Å². The van der Waals surface area contributed by atoms with Gasteiger partial charge in [-0.1, -0.05) is 0 Å². The van der Waals surface area contributed by atoms with Crippen LogP contribution >= 0.6 is 0 Å². The number of carbonyl (C=O) groups excluding carboxylic acids is 2. The maximum atomic E-state index is 12.8. The zero-order valence-electron chi connectivity index (χ0n) is 12.8. The molecule has 2 amide bonds. The maximum absolute atomic E-state index is 12.8. The molecule has 0 saturated carbocycles. The summed E-state index contributed by atoms with van der Waals surface area (Å²) in [5.74, 6) is -1.36. The summed E-state index contributed by atoms with van der Waals surface area (Å²) in [4.78, 5) is 25.0. The number of carbonyl (C=O) groups is 2. The van der Waals surface area contributed by atoms with E-state index < -0.39 is 21.7 Å². The Morgan fingerprint density at radius 2 is 1.91 bits per heavy atom. The van der Waals surface area contributed by atoms with Gasteiger partial charge in [0.15, 0.2) is 0 Å². The van der Waals surface area contributed by atoms with Crippen LogP contribution in [0.3, 0.4) is 0 Å². The van der Waals surface area contributed by atoms with Crippen LogP contribution in [0, 0.1) is 5.82 Å². The van der Waals surface area contributed by atoms with Crippen LogP contribution in [0.25, 0.3) is 0 Å². The summed E-state index contributed by atoms with van der Waals surface area (Å²) in [7, 11) is -4.03. The maximum Gasteiger partial charge on any atom is 0.264 e. The van der Waals surface area contributed by atoms with Gasteiger partial charge in [0.1, 0.15) is 5.82 Å². The van der Waals surface area contributed by atoms with Gasteiger partial charge < -0.3 is 4.90 Å². The molecule has 1 aliphatic heterocycles. The highest BCUT2D eigenvalue weighted by molar-refractivity contribution is 7.90. The zero-order valence-corrected chi connectivity index (χ0v) is 13.6. The normalized spacial score (nSPS) is 18.5. The van der Waals surface area contributed by atoms with E-state index in [2.05, 4.69) is 0 Å². The lowest BCUT2D eigenvalue weighted by Gasteiger charge is -2.34. The molecular formula is C15H19FN2O4S. The molecule has 0 bridgehead atoms. The highest BCUT2D eigenvalue weighted by atomic mass is 32.2. The Morgan fingerprint density at radius 3 is 2.52 bits per heavy atom. The summed E-state index contributed by atoms with van der Waals surface area (Å²) in [6.07, 6.45) is 2.38. The summed E-state index contributed by atoms with van der Waals surface area (Å²) in [5, 5.41) is 0. The van der Waals surface area contributed by atoms with Crippen molar-refractivity contribution >= 4 is 21.8 Å². The molecule has 1 heterocycles. The van der Waals surface area contributed by atoms with Crippen molar-refractivity contribution in [1.82, 2.24) is 9.62 Å². The van der Waals surface area contributed by atoms with Crippen LogP contribution in [0.2, 0.25) is 0 Å². The number of likely N-dealkylation sites (tertiary alicyclic amines) is 1. The predicted octanol–water partition coefficient (Wildman–Crippen LogP) is 1.42. The minimum absolute atomic E-state index is 0.0694. The molecular weight excluding hydrogens is 323 g/mol.